The van der Waals surface area contributed by atoms with E-state index in [0.29, 0.717) is 18.1 Å². The van der Waals surface area contributed by atoms with Gasteiger partial charge in [-0.3, -0.25) is 0 Å². The lowest BCUT2D eigenvalue weighted by Crippen LogP contribution is -2.40. The molecular formula is C10H21NO. The molecule has 0 radical (unpaired) electrons. The summed E-state index contributed by atoms with van der Waals surface area (Å²) < 4.78 is 5.45. The lowest BCUT2D eigenvalue weighted by atomic mass is 9.81. The van der Waals surface area contributed by atoms with Crippen LogP contribution in [-0.4, -0.2) is 19.3 Å². The van der Waals surface area contributed by atoms with Crippen LogP contribution in [0.5, 0.6) is 0 Å². The van der Waals surface area contributed by atoms with Gasteiger partial charge in [0.2, 0.25) is 0 Å². The summed E-state index contributed by atoms with van der Waals surface area (Å²) in [5.41, 5.74) is 6.03. The third-order valence-electron chi connectivity index (χ3n) is 3.08. The van der Waals surface area contributed by atoms with Crippen LogP contribution in [0.4, 0.5) is 0 Å². The molecule has 3 atom stereocenters. The average Bonchev–Trinajstić information content (AvgIpc) is 2.16. The van der Waals surface area contributed by atoms with Crippen molar-refractivity contribution in [1.29, 1.82) is 0 Å². The van der Waals surface area contributed by atoms with Gasteiger partial charge in [-0.2, -0.15) is 0 Å². The van der Waals surface area contributed by atoms with Gasteiger partial charge in [0, 0.05) is 19.1 Å². The van der Waals surface area contributed by atoms with Crippen molar-refractivity contribution >= 4 is 0 Å². The third-order valence-corrected chi connectivity index (χ3v) is 3.08. The van der Waals surface area contributed by atoms with E-state index in [9.17, 15) is 0 Å². The second-order valence-electron chi connectivity index (χ2n) is 3.79. The summed E-state index contributed by atoms with van der Waals surface area (Å²) in [6, 6.07) is 0.343. The van der Waals surface area contributed by atoms with Crippen LogP contribution >= 0.6 is 0 Å². The van der Waals surface area contributed by atoms with Crippen molar-refractivity contribution in [3.63, 3.8) is 0 Å². The quantitative estimate of drug-likeness (QED) is 0.704. The van der Waals surface area contributed by atoms with Crippen LogP contribution in [0.15, 0.2) is 0 Å². The monoisotopic (exact) mass is 171 g/mol. The first-order valence-electron chi connectivity index (χ1n) is 5.08. The maximum absolute atomic E-state index is 6.03. The number of rotatable bonds is 3. The summed E-state index contributed by atoms with van der Waals surface area (Å²) in [7, 11) is 1.81. The van der Waals surface area contributed by atoms with Crippen molar-refractivity contribution in [3.05, 3.63) is 0 Å². The first-order chi connectivity index (χ1) is 5.79. The van der Waals surface area contributed by atoms with E-state index < -0.39 is 0 Å². The van der Waals surface area contributed by atoms with E-state index in [1.807, 2.05) is 7.11 Å². The molecule has 1 fully saturated rings. The molecule has 2 heteroatoms. The highest BCUT2D eigenvalue weighted by Crippen LogP contribution is 2.29. The first kappa shape index (κ1) is 10.0. The molecule has 0 saturated heterocycles. The van der Waals surface area contributed by atoms with Gasteiger partial charge >= 0.3 is 0 Å². The van der Waals surface area contributed by atoms with Crippen molar-refractivity contribution < 1.29 is 4.74 Å². The van der Waals surface area contributed by atoms with E-state index in [0.717, 1.165) is 6.42 Å². The van der Waals surface area contributed by atoms with Crippen LogP contribution in [0.25, 0.3) is 0 Å². The molecule has 0 aromatic rings. The fourth-order valence-electron chi connectivity index (χ4n) is 2.21. The summed E-state index contributed by atoms with van der Waals surface area (Å²) >= 11 is 0. The standard InChI is InChI=1S/C10H21NO/c1-3-9(11)8-6-4-5-7-10(8)12-2/h8-10H,3-7,11H2,1-2H3. The molecule has 2 nitrogen and oxygen atoms in total. The smallest absolute Gasteiger partial charge is 0.0614 e. The molecule has 0 heterocycles. The Balaban J connectivity index is 2.46. The number of ether oxygens (including phenoxy) is 1. The Kier molecular flexibility index (Phi) is 4.02. The minimum atomic E-state index is 0.343. The Morgan fingerprint density at radius 2 is 2.08 bits per heavy atom. The zero-order valence-corrected chi connectivity index (χ0v) is 8.25. The number of nitrogens with two attached hydrogens (primary N) is 1. The van der Waals surface area contributed by atoms with Crippen molar-refractivity contribution in [2.45, 2.75) is 51.2 Å². The van der Waals surface area contributed by atoms with E-state index in [4.69, 9.17) is 10.5 Å². The zero-order valence-electron chi connectivity index (χ0n) is 8.25. The van der Waals surface area contributed by atoms with Gasteiger partial charge in [-0.1, -0.05) is 19.8 Å². The van der Waals surface area contributed by atoms with Crippen LogP contribution in [0.1, 0.15) is 39.0 Å². The highest BCUT2D eigenvalue weighted by Gasteiger charge is 2.28. The molecule has 0 spiro atoms. The second-order valence-corrected chi connectivity index (χ2v) is 3.79. The van der Waals surface area contributed by atoms with Crippen molar-refractivity contribution in [3.8, 4) is 0 Å². The topological polar surface area (TPSA) is 35.2 Å². The second kappa shape index (κ2) is 4.83. The van der Waals surface area contributed by atoms with Crippen LogP contribution < -0.4 is 5.73 Å². The van der Waals surface area contributed by atoms with Crippen molar-refractivity contribution in [1.82, 2.24) is 0 Å². The van der Waals surface area contributed by atoms with Crippen LogP contribution in [-0.2, 0) is 4.74 Å². The normalized spacial score (nSPS) is 33.2. The molecule has 12 heavy (non-hydrogen) atoms. The number of methoxy groups -OCH3 is 1. The van der Waals surface area contributed by atoms with E-state index in [-0.39, 0.29) is 0 Å². The summed E-state index contributed by atoms with van der Waals surface area (Å²) in [5.74, 6) is 0.605. The minimum absolute atomic E-state index is 0.343. The van der Waals surface area contributed by atoms with Gasteiger partial charge in [0.05, 0.1) is 6.10 Å². The molecule has 3 unspecified atom stereocenters. The zero-order chi connectivity index (χ0) is 8.97. The van der Waals surface area contributed by atoms with Gasteiger partial charge in [0.25, 0.3) is 0 Å². The molecule has 1 aliphatic carbocycles. The number of hydrogen-bond acceptors (Lipinski definition) is 2. The molecule has 2 N–H and O–H groups in total. The SMILES string of the molecule is CCC(N)C1CCCCC1OC. The molecule has 0 aliphatic heterocycles. The number of hydrogen-bond donors (Lipinski definition) is 1. The van der Waals surface area contributed by atoms with E-state index in [1.54, 1.807) is 0 Å². The average molecular weight is 171 g/mol. The molecule has 0 bridgehead atoms. The molecule has 0 amide bonds. The molecule has 72 valence electrons. The fourth-order valence-corrected chi connectivity index (χ4v) is 2.21. The summed E-state index contributed by atoms with van der Waals surface area (Å²) in [6.07, 6.45) is 6.60. The highest BCUT2D eigenvalue weighted by molar-refractivity contribution is 4.82. The Bertz CT molecular complexity index is 127. The molecule has 1 saturated carbocycles. The van der Waals surface area contributed by atoms with Gasteiger partial charge in [-0.25, -0.2) is 0 Å². The maximum Gasteiger partial charge on any atom is 0.0614 e. The summed E-state index contributed by atoms with van der Waals surface area (Å²) in [5, 5.41) is 0. The van der Waals surface area contributed by atoms with E-state index >= 15 is 0 Å². The van der Waals surface area contributed by atoms with E-state index in [1.165, 1.54) is 25.7 Å². The minimum Gasteiger partial charge on any atom is -0.381 e. The molecule has 0 aromatic carbocycles. The highest BCUT2D eigenvalue weighted by atomic mass is 16.5. The van der Waals surface area contributed by atoms with Crippen LogP contribution in [0.2, 0.25) is 0 Å². The lowest BCUT2D eigenvalue weighted by molar-refractivity contribution is 0.0130. The Hall–Kier alpha value is -0.0800. The summed E-state index contributed by atoms with van der Waals surface area (Å²) in [4.78, 5) is 0. The Labute approximate surface area is 75.5 Å². The molecule has 1 rings (SSSR count). The largest absolute Gasteiger partial charge is 0.381 e. The molecular weight excluding hydrogens is 150 g/mol. The lowest BCUT2D eigenvalue weighted by Gasteiger charge is -2.34. The summed E-state index contributed by atoms with van der Waals surface area (Å²) in [6.45, 7) is 2.16. The first-order valence-corrected chi connectivity index (χ1v) is 5.08. The van der Waals surface area contributed by atoms with Gasteiger partial charge < -0.3 is 10.5 Å². The van der Waals surface area contributed by atoms with Crippen molar-refractivity contribution in [2.24, 2.45) is 11.7 Å². The van der Waals surface area contributed by atoms with Crippen molar-refractivity contribution in [2.75, 3.05) is 7.11 Å². The predicted molar refractivity (Wildman–Crippen MR) is 51.0 cm³/mol. The maximum atomic E-state index is 6.03. The van der Waals surface area contributed by atoms with Gasteiger partial charge in [0.1, 0.15) is 0 Å². The Morgan fingerprint density at radius 1 is 1.42 bits per heavy atom. The molecule has 0 aromatic heterocycles. The predicted octanol–water partition coefficient (Wildman–Crippen LogP) is 1.93. The van der Waals surface area contributed by atoms with Gasteiger partial charge in [-0.15, -0.1) is 0 Å². The van der Waals surface area contributed by atoms with Crippen LogP contribution in [0, 0.1) is 5.92 Å². The van der Waals surface area contributed by atoms with E-state index in [2.05, 4.69) is 6.92 Å². The van der Waals surface area contributed by atoms with Crippen LogP contribution in [0.3, 0.4) is 0 Å². The Morgan fingerprint density at radius 3 is 2.67 bits per heavy atom. The third kappa shape index (κ3) is 2.20. The van der Waals surface area contributed by atoms with Gasteiger partial charge in [0.15, 0.2) is 0 Å². The molecule has 1 aliphatic rings. The fraction of sp³-hybridized carbons (Fsp3) is 1.00. The van der Waals surface area contributed by atoms with Gasteiger partial charge in [-0.05, 0) is 19.3 Å².